The first-order valence-electron chi connectivity index (χ1n) is 10.9. The maximum Gasteiger partial charge on any atom is 0.437 e. The number of hydrogen-bond acceptors (Lipinski definition) is 8. The van der Waals surface area contributed by atoms with Crippen molar-refractivity contribution >= 4 is 23.7 Å². The van der Waals surface area contributed by atoms with E-state index in [1.54, 1.807) is 36.3 Å². The molecule has 1 aliphatic rings. The number of rotatable bonds is 8. The fourth-order valence-corrected chi connectivity index (χ4v) is 3.38. The van der Waals surface area contributed by atoms with Crippen LogP contribution in [0.15, 0.2) is 64.9 Å². The summed E-state index contributed by atoms with van der Waals surface area (Å²) in [6.07, 6.45) is 0.448. The van der Waals surface area contributed by atoms with Crippen LogP contribution in [0.5, 0.6) is 5.75 Å². The van der Waals surface area contributed by atoms with Crippen molar-refractivity contribution in [3.05, 3.63) is 71.8 Å². The molecule has 0 radical (unpaired) electrons. The Kier molecular flexibility index (Phi) is 7.54. The molecule has 1 aliphatic heterocycles. The molecule has 1 fully saturated rings. The van der Waals surface area contributed by atoms with Crippen LogP contribution in [0.1, 0.15) is 11.1 Å². The number of nitrogens with two attached hydrogens (primary N) is 2. The summed E-state index contributed by atoms with van der Waals surface area (Å²) in [5, 5.41) is 4.12. The third kappa shape index (κ3) is 6.03. The van der Waals surface area contributed by atoms with Gasteiger partial charge in [0.25, 0.3) is 0 Å². The van der Waals surface area contributed by atoms with Gasteiger partial charge in [-0.05, 0) is 28.8 Å². The number of nitrogens with zero attached hydrogens (tertiary/aromatic N) is 5. The number of amides is 1. The topological polar surface area (TPSA) is 151 Å². The number of carbonyl (C=O) groups is 1. The van der Waals surface area contributed by atoms with Crippen LogP contribution in [0.25, 0.3) is 11.1 Å². The van der Waals surface area contributed by atoms with Gasteiger partial charge in [0.2, 0.25) is 11.9 Å². The van der Waals surface area contributed by atoms with Gasteiger partial charge in [-0.15, -0.1) is 4.99 Å². The summed E-state index contributed by atoms with van der Waals surface area (Å²) in [4.78, 5) is 30.4. The summed E-state index contributed by atoms with van der Waals surface area (Å²) in [5.41, 5.74) is 13.3. The van der Waals surface area contributed by atoms with Gasteiger partial charge in [0, 0.05) is 6.20 Å². The average molecular weight is 493 g/mol. The number of hydrogen-bond donors (Lipinski definition) is 2. The zero-order valence-electron chi connectivity index (χ0n) is 19.4. The fourth-order valence-electron chi connectivity index (χ4n) is 3.38. The van der Waals surface area contributed by atoms with Crippen LogP contribution in [0, 0.1) is 5.95 Å². The first-order valence-corrected chi connectivity index (χ1v) is 10.9. The predicted octanol–water partition coefficient (Wildman–Crippen LogP) is 2.59. The summed E-state index contributed by atoms with van der Waals surface area (Å²) in [5.74, 6) is -0.106. The number of benzene rings is 2. The Labute approximate surface area is 206 Å². The lowest BCUT2D eigenvalue weighted by molar-refractivity contribution is 0.129. The van der Waals surface area contributed by atoms with E-state index in [1.807, 2.05) is 24.3 Å². The molecule has 12 heteroatoms. The highest BCUT2D eigenvalue weighted by atomic mass is 19.1. The zero-order chi connectivity index (χ0) is 25.5. The summed E-state index contributed by atoms with van der Waals surface area (Å²) in [6, 6.07) is 14.3. The van der Waals surface area contributed by atoms with Gasteiger partial charge >= 0.3 is 6.09 Å². The molecule has 11 nitrogen and oxygen atoms in total. The summed E-state index contributed by atoms with van der Waals surface area (Å²) in [6.45, 7) is 1.03. The molecular weight excluding hydrogens is 469 g/mol. The molecular formula is C24H24FN7O4. The van der Waals surface area contributed by atoms with Gasteiger partial charge in [-0.25, -0.2) is 9.78 Å². The second-order valence-corrected chi connectivity index (χ2v) is 7.76. The Balaban J connectivity index is 1.35. The Morgan fingerprint density at radius 2 is 1.83 bits per heavy atom. The number of aliphatic imine (C=N–C) groups is 1. The van der Waals surface area contributed by atoms with E-state index in [2.05, 4.69) is 20.1 Å². The van der Waals surface area contributed by atoms with Crippen molar-refractivity contribution in [2.24, 2.45) is 21.6 Å². The third-order valence-electron chi connectivity index (χ3n) is 5.22. The molecule has 4 N–H and O–H groups in total. The number of carbonyl (C=O) groups excluding carboxylic acids is 1. The number of aromatic nitrogens is 2. The minimum atomic E-state index is -0.944. The highest BCUT2D eigenvalue weighted by Gasteiger charge is 2.26. The lowest BCUT2D eigenvalue weighted by Gasteiger charge is -2.31. The minimum absolute atomic E-state index is 0.157. The van der Waals surface area contributed by atoms with Crippen molar-refractivity contribution < 1.29 is 23.5 Å². The van der Waals surface area contributed by atoms with Crippen molar-refractivity contribution in [3.63, 3.8) is 0 Å². The van der Waals surface area contributed by atoms with E-state index in [-0.39, 0.29) is 18.1 Å². The zero-order valence-corrected chi connectivity index (χ0v) is 19.4. The molecule has 186 valence electrons. The molecule has 36 heavy (non-hydrogen) atoms. The quantitative estimate of drug-likeness (QED) is 0.209. The van der Waals surface area contributed by atoms with Crippen LogP contribution in [-0.4, -0.2) is 47.9 Å². The minimum Gasteiger partial charge on any atom is -0.497 e. The van der Waals surface area contributed by atoms with Gasteiger partial charge in [0.05, 0.1) is 31.5 Å². The summed E-state index contributed by atoms with van der Waals surface area (Å²) in [7, 11) is 1.61. The van der Waals surface area contributed by atoms with E-state index >= 15 is 0 Å². The molecule has 2 heterocycles. The molecule has 1 amide bonds. The van der Waals surface area contributed by atoms with Crippen LogP contribution in [0.4, 0.5) is 15.1 Å². The second kappa shape index (κ2) is 11.1. The Hall–Kier alpha value is -4.74. The van der Waals surface area contributed by atoms with E-state index < -0.39 is 18.0 Å². The van der Waals surface area contributed by atoms with Gasteiger partial charge in [0.1, 0.15) is 19.0 Å². The van der Waals surface area contributed by atoms with Crippen molar-refractivity contribution in [2.45, 2.75) is 13.2 Å². The molecule has 4 rings (SSSR count). The van der Waals surface area contributed by atoms with Gasteiger partial charge < -0.3 is 30.7 Å². The first-order chi connectivity index (χ1) is 17.4. The normalized spacial score (nSPS) is 12.4. The Morgan fingerprint density at radius 1 is 1.08 bits per heavy atom. The Bertz CT molecular complexity index is 1290. The number of anilines is 1. The molecule has 0 spiro atoms. The second-order valence-electron chi connectivity index (χ2n) is 7.76. The summed E-state index contributed by atoms with van der Waals surface area (Å²) < 4.78 is 25.1. The molecule has 0 unspecified atom stereocenters. The molecule has 1 saturated heterocycles. The van der Waals surface area contributed by atoms with Crippen LogP contribution < -0.4 is 21.1 Å². The smallest absolute Gasteiger partial charge is 0.437 e. The molecule has 2 aromatic carbocycles. The van der Waals surface area contributed by atoms with Crippen LogP contribution in [0.2, 0.25) is 0 Å². The molecule has 0 saturated carbocycles. The highest BCUT2D eigenvalue weighted by Crippen LogP contribution is 2.27. The maximum atomic E-state index is 14.9. The van der Waals surface area contributed by atoms with E-state index in [9.17, 15) is 9.18 Å². The first kappa shape index (κ1) is 24.4. The van der Waals surface area contributed by atoms with Crippen LogP contribution in [-0.2, 0) is 22.8 Å². The van der Waals surface area contributed by atoms with Gasteiger partial charge in [-0.1, -0.05) is 41.6 Å². The number of halogens is 1. The highest BCUT2D eigenvalue weighted by molar-refractivity contribution is 5.98. The van der Waals surface area contributed by atoms with Crippen molar-refractivity contribution in [1.29, 1.82) is 0 Å². The number of guanidine groups is 1. The fraction of sp³-hybridized carbons (Fsp3) is 0.208. The third-order valence-corrected chi connectivity index (χ3v) is 5.22. The lowest BCUT2D eigenvalue weighted by atomic mass is 10.0. The van der Waals surface area contributed by atoms with E-state index in [4.69, 9.17) is 25.8 Å². The SMILES string of the molecule is COc1ccc(CON=C2CN(c3ncc(-c4ccccc4COC(=O)N=C(N)N)c(F)n3)C2)cc1. The number of oxime groups is 1. The van der Waals surface area contributed by atoms with Crippen LogP contribution in [0.3, 0.4) is 0 Å². The Morgan fingerprint density at radius 3 is 2.53 bits per heavy atom. The van der Waals surface area contributed by atoms with Crippen molar-refractivity contribution in [3.8, 4) is 16.9 Å². The standard InChI is InChI=1S/C24H24FN7O4/c1-34-18-8-6-15(7-9-18)13-36-31-17-11-32(12-17)23-28-10-20(21(25)29-23)19-5-3-2-4-16(19)14-35-24(33)30-22(26)27/h2-10H,11-14H2,1H3,(H4,26,27,30,33). The van der Waals surface area contributed by atoms with E-state index in [0.29, 0.717) is 30.8 Å². The average Bonchev–Trinajstić information content (AvgIpc) is 2.84. The predicted molar refractivity (Wildman–Crippen MR) is 131 cm³/mol. The van der Waals surface area contributed by atoms with Crippen molar-refractivity contribution in [1.82, 2.24) is 9.97 Å². The van der Waals surface area contributed by atoms with Gasteiger partial charge in [-0.2, -0.15) is 9.37 Å². The maximum absolute atomic E-state index is 14.9. The van der Waals surface area contributed by atoms with E-state index in [0.717, 1.165) is 17.0 Å². The molecule has 0 atom stereocenters. The number of ether oxygens (including phenoxy) is 2. The molecule has 1 aromatic heterocycles. The monoisotopic (exact) mass is 493 g/mol. The molecule has 0 bridgehead atoms. The van der Waals surface area contributed by atoms with Crippen molar-refractivity contribution in [2.75, 3.05) is 25.1 Å². The molecule has 3 aromatic rings. The lowest BCUT2D eigenvalue weighted by Crippen LogP contribution is -2.48. The number of methoxy groups -OCH3 is 1. The van der Waals surface area contributed by atoms with Gasteiger partial charge in [-0.3, -0.25) is 0 Å². The van der Waals surface area contributed by atoms with Gasteiger partial charge in [0.15, 0.2) is 5.96 Å². The molecule has 0 aliphatic carbocycles. The van der Waals surface area contributed by atoms with Crippen LogP contribution >= 0.6 is 0 Å². The van der Waals surface area contributed by atoms with E-state index in [1.165, 1.54) is 6.20 Å². The summed E-state index contributed by atoms with van der Waals surface area (Å²) >= 11 is 0. The largest absolute Gasteiger partial charge is 0.497 e.